The molecule has 2 aliphatic heterocycles. The number of amidine groups is 2. The van der Waals surface area contributed by atoms with Crippen LogP contribution in [0.1, 0.15) is 64.4 Å². The molecule has 13 rings (SSSR count). The van der Waals surface area contributed by atoms with Crippen molar-refractivity contribution in [3.05, 3.63) is 220 Å². The van der Waals surface area contributed by atoms with Crippen LogP contribution in [0.25, 0.3) is 50.4 Å². The Kier molecular flexibility index (Phi) is 8.12. The highest BCUT2D eigenvalue weighted by atomic mass is 15.2. The van der Waals surface area contributed by atoms with Crippen molar-refractivity contribution < 1.29 is 0 Å². The number of aromatic nitrogens is 1. The van der Waals surface area contributed by atoms with Crippen molar-refractivity contribution in [2.75, 3.05) is 0 Å². The van der Waals surface area contributed by atoms with E-state index in [0.717, 1.165) is 54.9 Å². The molecule has 5 heteroatoms. The van der Waals surface area contributed by atoms with Gasteiger partial charge in [0.1, 0.15) is 12.0 Å². The van der Waals surface area contributed by atoms with Crippen molar-refractivity contribution in [3.8, 4) is 0 Å². The van der Waals surface area contributed by atoms with E-state index >= 15 is 0 Å². The maximum absolute atomic E-state index is 5.28. The van der Waals surface area contributed by atoms with Crippen molar-refractivity contribution in [2.45, 2.75) is 44.3 Å². The number of benzene rings is 7. The van der Waals surface area contributed by atoms with Gasteiger partial charge < -0.3 is 14.8 Å². The molecule has 4 atom stereocenters. The van der Waals surface area contributed by atoms with Crippen LogP contribution in [0.3, 0.4) is 0 Å². The van der Waals surface area contributed by atoms with Gasteiger partial charge in [-0.15, -0.1) is 0 Å². The van der Waals surface area contributed by atoms with Crippen molar-refractivity contribution in [1.82, 2.24) is 14.8 Å². The number of allylic oxidation sites excluding steroid dienone is 3. The van der Waals surface area contributed by atoms with Gasteiger partial charge in [-0.25, -0.2) is 9.98 Å². The Labute approximate surface area is 361 Å². The molecule has 0 bridgehead atoms. The second kappa shape index (κ2) is 14.2. The van der Waals surface area contributed by atoms with Crippen LogP contribution in [0.2, 0.25) is 0 Å². The Bertz CT molecular complexity index is 3270. The average molecular weight is 800 g/mol. The molecule has 298 valence electrons. The third-order valence-corrected chi connectivity index (χ3v) is 14.2. The summed E-state index contributed by atoms with van der Waals surface area (Å²) in [6.07, 6.45) is 12.6. The van der Waals surface area contributed by atoms with Crippen LogP contribution in [0.4, 0.5) is 0 Å². The summed E-state index contributed by atoms with van der Waals surface area (Å²) < 4.78 is 2.60. The second-order valence-corrected chi connectivity index (χ2v) is 17.6. The standard InChI is InChI=1S/C57H45N5/c1-3-14-36(15-4-1)55-58-56(37-16-5-2-6-17-37)60-57(59-55)47-24-13-22-42-30-43(26-28-45(42)47)61-52-29-27-44(35-50(52)49-32-39-19-8-10-21-41(39)34-54(49)61)62-51-25-12-11-23-46(51)48-31-38-18-7-9-20-40(38)33-53(48)62/h1-25,30-31,33-35,49-50,52,57H,26-29,32H2,(H,58,59,60). The number of aliphatic imine (C=N–C) groups is 2. The molecule has 62 heavy (non-hydrogen) atoms. The molecule has 8 aromatic rings. The number of likely N-dealkylation sites (tertiary alicyclic amines) is 1. The Morgan fingerprint density at radius 1 is 0.581 bits per heavy atom. The number of nitrogens with one attached hydrogen (secondary N) is 1. The van der Waals surface area contributed by atoms with Gasteiger partial charge in [0.05, 0.1) is 11.0 Å². The Morgan fingerprint density at radius 3 is 2.19 bits per heavy atom. The quantitative estimate of drug-likeness (QED) is 0.188. The highest BCUT2D eigenvalue weighted by Crippen LogP contribution is 2.53. The third-order valence-electron chi connectivity index (χ3n) is 14.2. The van der Waals surface area contributed by atoms with Gasteiger partial charge in [-0.1, -0.05) is 152 Å². The van der Waals surface area contributed by atoms with E-state index in [9.17, 15) is 0 Å². The number of hydrogen-bond donors (Lipinski definition) is 1. The molecule has 1 aromatic heterocycles. The van der Waals surface area contributed by atoms with Crippen molar-refractivity contribution in [3.63, 3.8) is 0 Å². The van der Waals surface area contributed by atoms with Crippen molar-refractivity contribution in [2.24, 2.45) is 21.8 Å². The molecule has 7 aromatic carbocycles. The van der Waals surface area contributed by atoms with Crippen molar-refractivity contribution in [1.29, 1.82) is 0 Å². The fraction of sp³-hybridized carbons (Fsp3) is 0.158. The van der Waals surface area contributed by atoms with E-state index in [1.165, 1.54) is 77.5 Å². The molecular formula is C57H45N5. The van der Waals surface area contributed by atoms with E-state index in [0.29, 0.717) is 17.9 Å². The molecule has 5 nitrogen and oxygen atoms in total. The van der Waals surface area contributed by atoms with Gasteiger partial charge in [0, 0.05) is 62.4 Å². The van der Waals surface area contributed by atoms with Gasteiger partial charge in [-0.05, 0) is 95.5 Å². The Morgan fingerprint density at radius 2 is 1.32 bits per heavy atom. The SMILES string of the molecule is C1=C(N2C3=Cc4ccccc4CC3C3C=C(n4c5ccccc5c5cc6ccccc6cc54)CCC32)CCc2c1cccc2C1N=C(c2ccccc2)N=C(c2ccccc2)N1. The highest BCUT2D eigenvalue weighted by molar-refractivity contribution is 6.14. The van der Waals surface area contributed by atoms with Crippen LogP contribution in [-0.4, -0.2) is 27.2 Å². The zero-order chi connectivity index (χ0) is 40.7. The van der Waals surface area contributed by atoms with E-state index in [-0.39, 0.29) is 6.17 Å². The minimum absolute atomic E-state index is 0.248. The molecule has 0 spiro atoms. The van der Waals surface area contributed by atoms with Crippen LogP contribution in [0, 0.1) is 11.8 Å². The molecule has 3 aliphatic carbocycles. The molecule has 1 saturated heterocycles. The first-order chi connectivity index (χ1) is 30.7. The lowest BCUT2D eigenvalue weighted by Gasteiger charge is -2.37. The van der Waals surface area contributed by atoms with Crippen LogP contribution in [0.15, 0.2) is 191 Å². The van der Waals surface area contributed by atoms with E-state index in [2.05, 4.69) is 191 Å². The summed E-state index contributed by atoms with van der Waals surface area (Å²) in [6.45, 7) is 0. The molecular weight excluding hydrogens is 755 g/mol. The van der Waals surface area contributed by atoms with E-state index in [1.54, 1.807) is 0 Å². The summed E-state index contributed by atoms with van der Waals surface area (Å²) in [5.74, 6) is 2.43. The van der Waals surface area contributed by atoms with Gasteiger partial charge in [0.25, 0.3) is 0 Å². The summed E-state index contributed by atoms with van der Waals surface area (Å²) in [5.41, 5.74) is 15.8. The van der Waals surface area contributed by atoms with E-state index in [4.69, 9.17) is 9.98 Å². The molecule has 3 heterocycles. The molecule has 0 saturated carbocycles. The monoisotopic (exact) mass is 799 g/mol. The number of rotatable bonds is 5. The van der Waals surface area contributed by atoms with Crippen LogP contribution in [-0.2, 0) is 12.8 Å². The number of nitrogens with zero attached hydrogens (tertiary/aromatic N) is 4. The first-order valence-corrected chi connectivity index (χ1v) is 22.3. The second-order valence-electron chi connectivity index (χ2n) is 17.6. The predicted octanol–water partition coefficient (Wildman–Crippen LogP) is 12.6. The first kappa shape index (κ1) is 35.5. The third kappa shape index (κ3) is 5.68. The maximum atomic E-state index is 5.28. The minimum Gasteiger partial charge on any atom is -0.345 e. The summed E-state index contributed by atoms with van der Waals surface area (Å²) >= 11 is 0. The predicted molar refractivity (Wildman–Crippen MR) is 256 cm³/mol. The highest BCUT2D eigenvalue weighted by Gasteiger charge is 2.48. The summed E-state index contributed by atoms with van der Waals surface area (Å²) in [7, 11) is 0. The minimum atomic E-state index is -0.248. The van der Waals surface area contributed by atoms with E-state index in [1.807, 2.05) is 6.07 Å². The van der Waals surface area contributed by atoms with Gasteiger partial charge in [-0.2, -0.15) is 0 Å². The summed E-state index contributed by atoms with van der Waals surface area (Å²) in [5, 5.41) is 9.00. The lowest BCUT2D eigenvalue weighted by molar-refractivity contribution is 0.293. The molecule has 1 N–H and O–H groups in total. The Hall–Kier alpha value is -7.24. The van der Waals surface area contributed by atoms with E-state index < -0.39 is 0 Å². The van der Waals surface area contributed by atoms with Gasteiger partial charge in [-0.3, -0.25) is 0 Å². The van der Waals surface area contributed by atoms with Crippen LogP contribution < -0.4 is 5.32 Å². The number of fused-ring (bicyclic) bond motifs is 9. The maximum Gasteiger partial charge on any atom is 0.159 e. The largest absolute Gasteiger partial charge is 0.345 e. The molecule has 0 radical (unpaired) electrons. The van der Waals surface area contributed by atoms with Gasteiger partial charge in [0.2, 0.25) is 0 Å². The zero-order valence-corrected chi connectivity index (χ0v) is 34.5. The van der Waals surface area contributed by atoms with Gasteiger partial charge >= 0.3 is 0 Å². The Balaban J connectivity index is 0.903. The fourth-order valence-corrected chi connectivity index (χ4v) is 11.4. The van der Waals surface area contributed by atoms with Crippen LogP contribution in [0.5, 0.6) is 0 Å². The molecule has 1 fully saturated rings. The molecule has 5 aliphatic rings. The lowest BCUT2D eigenvalue weighted by Crippen LogP contribution is -2.35. The zero-order valence-electron chi connectivity index (χ0n) is 34.5. The van der Waals surface area contributed by atoms with Gasteiger partial charge in [0.15, 0.2) is 5.84 Å². The summed E-state index contributed by atoms with van der Waals surface area (Å²) in [6, 6.07) is 59.7. The molecule has 0 amide bonds. The normalized spacial score (nSPS) is 21.5. The molecule has 4 unspecified atom stereocenters. The fourth-order valence-electron chi connectivity index (χ4n) is 11.4. The lowest BCUT2D eigenvalue weighted by atomic mass is 9.77. The number of hydrogen-bond acceptors (Lipinski definition) is 4. The first-order valence-electron chi connectivity index (χ1n) is 22.3. The van der Waals surface area contributed by atoms with Crippen LogP contribution >= 0.6 is 0 Å². The van der Waals surface area contributed by atoms with Crippen molar-refractivity contribution >= 4 is 62.1 Å². The summed E-state index contributed by atoms with van der Waals surface area (Å²) in [4.78, 5) is 13.1. The smallest absolute Gasteiger partial charge is 0.159 e. The number of para-hydroxylation sites is 1. The average Bonchev–Trinajstić information content (AvgIpc) is 3.83. The topological polar surface area (TPSA) is 44.9 Å².